The van der Waals surface area contributed by atoms with Crippen molar-refractivity contribution in [1.82, 2.24) is 14.8 Å². The summed E-state index contributed by atoms with van der Waals surface area (Å²) >= 11 is 0. The van der Waals surface area contributed by atoms with Gasteiger partial charge >= 0.3 is 0 Å². The molecular weight excluding hydrogens is 192 g/mol. The first-order valence-corrected chi connectivity index (χ1v) is 4.57. The number of hydrogen-bond donors (Lipinski definition) is 1. The van der Waals surface area contributed by atoms with E-state index in [4.69, 9.17) is 16.3 Å². The molecule has 0 aliphatic rings. The molecular formula is C9H12N6. The Morgan fingerprint density at radius 2 is 2.33 bits per heavy atom. The van der Waals surface area contributed by atoms with Crippen molar-refractivity contribution < 1.29 is 0 Å². The molecule has 0 fully saturated rings. The normalized spacial score (nSPS) is 13.9. The molecule has 78 valence electrons. The van der Waals surface area contributed by atoms with Gasteiger partial charge in [0.25, 0.3) is 5.82 Å². The van der Waals surface area contributed by atoms with E-state index in [-0.39, 0.29) is 5.82 Å². The number of hydrogen-bond acceptors (Lipinski definition) is 5. The lowest BCUT2D eigenvalue weighted by atomic mass is 9.99. The number of nitrogens with two attached hydrogens (primary N) is 1. The molecule has 0 saturated carbocycles. The Morgan fingerprint density at radius 3 is 2.87 bits per heavy atom. The van der Waals surface area contributed by atoms with Gasteiger partial charge in [-0.25, -0.2) is 4.98 Å². The van der Waals surface area contributed by atoms with Crippen LogP contribution in [0, 0.1) is 22.7 Å². The van der Waals surface area contributed by atoms with Crippen molar-refractivity contribution in [3.05, 3.63) is 12.2 Å². The fourth-order valence-electron chi connectivity index (χ4n) is 1.12. The van der Waals surface area contributed by atoms with Gasteiger partial charge in [0.1, 0.15) is 17.9 Å². The van der Waals surface area contributed by atoms with Crippen LogP contribution in [0.3, 0.4) is 0 Å². The highest BCUT2D eigenvalue weighted by atomic mass is 15.3. The Hall–Kier alpha value is -1.92. The van der Waals surface area contributed by atoms with Crippen LogP contribution in [0.1, 0.15) is 25.6 Å². The van der Waals surface area contributed by atoms with E-state index in [0.717, 1.165) is 6.42 Å². The third-order valence-corrected chi connectivity index (χ3v) is 1.98. The Bertz CT molecular complexity index is 405. The second-order valence-corrected chi connectivity index (χ2v) is 3.58. The number of nitrogens with zero attached hydrogens (tertiary/aromatic N) is 5. The SMILES string of the molecule is CC(N)(C#N)CCCn1cnc(C#N)n1. The Balaban J connectivity index is 2.40. The van der Waals surface area contributed by atoms with E-state index in [2.05, 4.69) is 10.1 Å². The van der Waals surface area contributed by atoms with E-state index in [1.807, 2.05) is 12.1 Å². The van der Waals surface area contributed by atoms with Gasteiger partial charge in [0, 0.05) is 6.54 Å². The van der Waals surface area contributed by atoms with Crippen molar-refractivity contribution >= 4 is 0 Å². The predicted molar refractivity (Wildman–Crippen MR) is 52.2 cm³/mol. The Labute approximate surface area is 87.9 Å². The van der Waals surface area contributed by atoms with Gasteiger partial charge in [0.15, 0.2) is 0 Å². The Morgan fingerprint density at radius 1 is 1.60 bits per heavy atom. The third kappa shape index (κ3) is 3.37. The average Bonchev–Trinajstić information content (AvgIpc) is 2.66. The number of nitriles is 2. The lowest BCUT2D eigenvalue weighted by Crippen LogP contribution is -2.34. The van der Waals surface area contributed by atoms with Crippen LogP contribution in [0.25, 0.3) is 0 Å². The highest BCUT2D eigenvalue weighted by Gasteiger charge is 2.16. The van der Waals surface area contributed by atoms with Gasteiger partial charge in [-0.3, -0.25) is 4.68 Å². The highest BCUT2D eigenvalue weighted by Crippen LogP contribution is 2.07. The fraction of sp³-hybridized carbons (Fsp3) is 0.556. The molecule has 1 heterocycles. The zero-order chi connectivity index (χ0) is 11.3. The molecule has 1 atom stereocenters. The van der Waals surface area contributed by atoms with Crippen LogP contribution in [0.5, 0.6) is 0 Å². The van der Waals surface area contributed by atoms with Crippen LogP contribution in [0.2, 0.25) is 0 Å². The Kier molecular flexibility index (Phi) is 3.37. The number of aromatic nitrogens is 3. The van der Waals surface area contributed by atoms with Crippen LogP contribution in [-0.2, 0) is 6.54 Å². The summed E-state index contributed by atoms with van der Waals surface area (Å²) in [4.78, 5) is 3.76. The third-order valence-electron chi connectivity index (χ3n) is 1.98. The summed E-state index contributed by atoms with van der Waals surface area (Å²) in [6.07, 6.45) is 2.82. The first-order chi connectivity index (χ1) is 7.07. The summed E-state index contributed by atoms with van der Waals surface area (Å²) in [6.45, 7) is 2.30. The number of rotatable bonds is 4. The van der Waals surface area contributed by atoms with Crippen LogP contribution in [0.15, 0.2) is 6.33 Å². The molecule has 0 aliphatic carbocycles. The maximum Gasteiger partial charge on any atom is 0.252 e. The largest absolute Gasteiger partial charge is 0.314 e. The number of aryl methyl sites for hydroxylation is 1. The van der Waals surface area contributed by atoms with Crippen LogP contribution in [-0.4, -0.2) is 20.3 Å². The van der Waals surface area contributed by atoms with Gasteiger partial charge in [-0.2, -0.15) is 10.5 Å². The molecule has 1 rings (SSSR count). The van der Waals surface area contributed by atoms with Crippen molar-refractivity contribution in [3.63, 3.8) is 0 Å². The summed E-state index contributed by atoms with van der Waals surface area (Å²) in [6, 6.07) is 3.87. The van der Waals surface area contributed by atoms with E-state index in [1.165, 1.54) is 6.33 Å². The summed E-state index contributed by atoms with van der Waals surface area (Å²) in [5, 5.41) is 21.1. The van der Waals surface area contributed by atoms with Gasteiger partial charge in [-0.15, -0.1) is 5.10 Å². The van der Waals surface area contributed by atoms with Gasteiger partial charge in [0.2, 0.25) is 0 Å². The summed E-state index contributed by atoms with van der Waals surface area (Å²) < 4.78 is 1.58. The van der Waals surface area contributed by atoms with Gasteiger partial charge < -0.3 is 5.73 Å². The van der Waals surface area contributed by atoms with Gasteiger partial charge in [-0.1, -0.05) is 0 Å². The smallest absolute Gasteiger partial charge is 0.252 e. The second-order valence-electron chi connectivity index (χ2n) is 3.58. The second kappa shape index (κ2) is 4.54. The zero-order valence-electron chi connectivity index (χ0n) is 8.51. The monoisotopic (exact) mass is 204 g/mol. The van der Waals surface area contributed by atoms with Crippen molar-refractivity contribution in [3.8, 4) is 12.1 Å². The molecule has 2 N–H and O–H groups in total. The lowest BCUT2D eigenvalue weighted by molar-refractivity contribution is 0.471. The molecule has 1 unspecified atom stereocenters. The first kappa shape index (κ1) is 11.2. The fourth-order valence-corrected chi connectivity index (χ4v) is 1.12. The maximum absolute atomic E-state index is 8.68. The van der Waals surface area contributed by atoms with Crippen molar-refractivity contribution in [1.29, 1.82) is 10.5 Å². The molecule has 1 aromatic heterocycles. The summed E-state index contributed by atoms with van der Waals surface area (Å²) in [7, 11) is 0. The van der Waals surface area contributed by atoms with E-state index in [0.29, 0.717) is 13.0 Å². The molecule has 0 saturated heterocycles. The van der Waals surface area contributed by atoms with Crippen molar-refractivity contribution in [2.24, 2.45) is 5.73 Å². The average molecular weight is 204 g/mol. The standard InChI is InChI=1S/C9H12N6/c1-9(12,6-11)3-2-4-15-7-13-8(5-10)14-15/h7H,2-4,12H2,1H3. The van der Waals surface area contributed by atoms with E-state index in [9.17, 15) is 0 Å². The molecule has 15 heavy (non-hydrogen) atoms. The lowest BCUT2D eigenvalue weighted by Gasteiger charge is -2.14. The topological polar surface area (TPSA) is 104 Å². The minimum absolute atomic E-state index is 0.158. The molecule has 0 spiro atoms. The molecule has 0 radical (unpaired) electrons. The van der Waals surface area contributed by atoms with Crippen molar-refractivity contribution in [2.75, 3.05) is 0 Å². The quantitative estimate of drug-likeness (QED) is 0.752. The predicted octanol–water partition coefficient (Wildman–Crippen LogP) is 0.171. The minimum atomic E-state index is -0.793. The summed E-state index contributed by atoms with van der Waals surface area (Å²) in [5.74, 6) is 0.158. The maximum atomic E-state index is 8.68. The van der Waals surface area contributed by atoms with Crippen molar-refractivity contribution in [2.45, 2.75) is 31.8 Å². The molecule has 1 aromatic rings. The molecule has 0 amide bonds. The zero-order valence-corrected chi connectivity index (χ0v) is 8.51. The first-order valence-electron chi connectivity index (χ1n) is 4.57. The van der Waals surface area contributed by atoms with E-state index >= 15 is 0 Å². The molecule has 6 nitrogen and oxygen atoms in total. The van der Waals surface area contributed by atoms with E-state index in [1.54, 1.807) is 11.6 Å². The molecule has 0 bridgehead atoms. The minimum Gasteiger partial charge on any atom is -0.314 e. The molecule has 0 aromatic carbocycles. The summed E-state index contributed by atoms with van der Waals surface area (Å²) in [5.41, 5.74) is 4.86. The van der Waals surface area contributed by atoms with E-state index < -0.39 is 5.54 Å². The van der Waals surface area contributed by atoms with Gasteiger partial charge in [0.05, 0.1) is 6.07 Å². The molecule has 6 heteroatoms. The highest BCUT2D eigenvalue weighted by molar-refractivity contribution is 5.05. The molecule has 0 aliphatic heterocycles. The van der Waals surface area contributed by atoms with Crippen LogP contribution >= 0.6 is 0 Å². The van der Waals surface area contributed by atoms with Gasteiger partial charge in [-0.05, 0) is 19.8 Å². The van der Waals surface area contributed by atoms with Crippen LogP contribution < -0.4 is 5.73 Å². The van der Waals surface area contributed by atoms with Crippen LogP contribution in [0.4, 0.5) is 0 Å².